The molecule has 0 aromatic carbocycles. The second-order valence-electron chi connectivity index (χ2n) is 5.60. The number of hydrogen-bond donors (Lipinski definition) is 1. The summed E-state index contributed by atoms with van der Waals surface area (Å²) in [6.45, 7) is 6.43. The molecule has 0 spiro atoms. The zero-order chi connectivity index (χ0) is 13.1. The molecule has 1 N–H and O–H groups in total. The van der Waals surface area contributed by atoms with Crippen LogP contribution in [0.1, 0.15) is 18.2 Å². The van der Waals surface area contributed by atoms with Crippen LogP contribution in [0.4, 0.5) is 0 Å². The normalized spacial score (nSPS) is 25.2. The molecule has 0 bridgehead atoms. The highest BCUT2D eigenvalue weighted by Crippen LogP contribution is 2.23. The minimum atomic E-state index is 0.660. The van der Waals surface area contributed by atoms with Crippen molar-refractivity contribution >= 4 is 0 Å². The van der Waals surface area contributed by atoms with Crippen LogP contribution >= 0.6 is 0 Å². The van der Waals surface area contributed by atoms with Gasteiger partial charge in [0.05, 0.1) is 12.8 Å². The van der Waals surface area contributed by atoms with Gasteiger partial charge in [-0.05, 0) is 33.1 Å². The van der Waals surface area contributed by atoms with Crippen molar-refractivity contribution < 1.29 is 4.42 Å². The molecule has 2 rings (SSSR count). The molecule has 2 atom stereocenters. The second kappa shape index (κ2) is 5.87. The maximum Gasteiger partial charge on any atom is 0.122 e. The first-order valence-corrected chi connectivity index (χ1v) is 6.70. The van der Waals surface area contributed by atoms with Crippen molar-refractivity contribution in [1.82, 2.24) is 15.1 Å². The Hall–Kier alpha value is -0.840. The van der Waals surface area contributed by atoms with Gasteiger partial charge in [-0.3, -0.25) is 4.90 Å². The van der Waals surface area contributed by atoms with Crippen LogP contribution in [0.5, 0.6) is 0 Å². The van der Waals surface area contributed by atoms with Crippen molar-refractivity contribution in [3.05, 3.63) is 23.7 Å². The van der Waals surface area contributed by atoms with E-state index in [-0.39, 0.29) is 0 Å². The third-order valence-electron chi connectivity index (χ3n) is 3.88. The number of hydrogen-bond acceptors (Lipinski definition) is 4. The molecule has 102 valence electrons. The molecule has 1 aliphatic heterocycles. The Kier molecular flexibility index (Phi) is 4.43. The summed E-state index contributed by atoms with van der Waals surface area (Å²) >= 11 is 0. The third-order valence-corrected chi connectivity index (χ3v) is 3.88. The number of nitrogens with one attached hydrogen (secondary N) is 1. The van der Waals surface area contributed by atoms with E-state index in [9.17, 15) is 0 Å². The van der Waals surface area contributed by atoms with E-state index in [4.69, 9.17) is 4.42 Å². The molecule has 1 aromatic rings. The lowest BCUT2D eigenvalue weighted by atomic mass is 10.1. The number of rotatable bonds is 5. The van der Waals surface area contributed by atoms with Gasteiger partial charge in [0.1, 0.15) is 5.76 Å². The lowest BCUT2D eigenvalue weighted by Gasteiger charge is -2.22. The average molecular weight is 251 g/mol. The van der Waals surface area contributed by atoms with Crippen molar-refractivity contribution in [1.29, 1.82) is 0 Å². The quantitative estimate of drug-likeness (QED) is 0.857. The van der Waals surface area contributed by atoms with Gasteiger partial charge in [0.2, 0.25) is 0 Å². The van der Waals surface area contributed by atoms with Crippen LogP contribution < -0.4 is 5.32 Å². The zero-order valence-corrected chi connectivity index (χ0v) is 11.9. The van der Waals surface area contributed by atoms with Crippen molar-refractivity contribution in [2.45, 2.75) is 26.1 Å². The summed E-state index contributed by atoms with van der Waals surface area (Å²) in [5.74, 6) is 1.83. The van der Waals surface area contributed by atoms with Gasteiger partial charge < -0.3 is 14.6 Å². The predicted octanol–water partition coefficient (Wildman–Crippen LogP) is 1.38. The van der Waals surface area contributed by atoms with Crippen molar-refractivity contribution in [2.24, 2.45) is 5.92 Å². The Morgan fingerprint density at radius 3 is 2.83 bits per heavy atom. The number of nitrogens with zero attached hydrogens (tertiary/aromatic N) is 2. The molecule has 1 aliphatic rings. The summed E-state index contributed by atoms with van der Waals surface area (Å²) in [6, 6.07) is 2.72. The first-order valence-electron chi connectivity index (χ1n) is 6.70. The predicted molar refractivity (Wildman–Crippen MR) is 73.4 cm³/mol. The summed E-state index contributed by atoms with van der Waals surface area (Å²) < 4.78 is 5.61. The second-order valence-corrected chi connectivity index (χ2v) is 5.60. The Balaban J connectivity index is 1.96. The van der Waals surface area contributed by atoms with Gasteiger partial charge in [-0.2, -0.15) is 0 Å². The largest absolute Gasteiger partial charge is 0.468 e. The molecule has 1 saturated heterocycles. The van der Waals surface area contributed by atoms with E-state index in [1.807, 2.05) is 7.05 Å². The van der Waals surface area contributed by atoms with Crippen molar-refractivity contribution in [2.75, 3.05) is 34.2 Å². The molecule has 2 unspecified atom stereocenters. The molecular formula is C14H25N3O. The number of furan rings is 1. The molecule has 1 fully saturated rings. The summed E-state index contributed by atoms with van der Waals surface area (Å²) in [4.78, 5) is 4.83. The van der Waals surface area contributed by atoms with Gasteiger partial charge in [-0.1, -0.05) is 6.92 Å². The smallest absolute Gasteiger partial charge is 0.122 e. The Morgan fingerprint density at radius 2 is 2.22 bits per heavy atom. The van der Waals surface area contributed by atoms with Crippen molar-refractivity contribution in [3.63, 3.8) is 0 Å². The molecule has 0 radical (unpaired) electrons. The van der Waals surface area contributed by atoms with E-state index in [1.165, 1.54) is 5.56 Å². The zero-order valence-electron chi connectivity index (χ0n) is 11.9. The average Bonchev–Trinajstić information content (AvgIpc) is 2.87. The van der Waals surface area contributed by atoms with E-state index in [0.717, 1.165) is 37.9 Å². The first-order chi connectivity index (χ1) is 8.61. The van der Waals surface area contributed by atoms with Gasteiger partial charge in [-0.15, -0.1) is 0 Å². The SMILES string of the molecule is CNCc1ccoc1CN1CC(C)C(N(C)C)C1. The lowest BCUT2D eigenvalue weighted by Crippen LogP contribution is -2.34. The summed E-state index contributed by atoms with van der Waals surface area (Å²) in [6.07, 6.45) is 1.80. The molecule has 1 aromatic heterocycles. The standard InChI is InChI=1S/C14H25N3O/c1-11-8-17(9-13(11)16(3)4)10-14-12(7-15-2)5-6-18-14/h5-6,11,13,15H,7-10H2,1-4H3. The van der Waals surface area contributed by atoms with Gasteiger partial charge in [-0.25, -0.2) is 0 Å². The highest BCUT2D eigenvalue weighted by molar-refractivity contribution is 5.17. The molecule has 0 aliphatic carbocycles. The topological polar surface area (TPSA) is 31.7 Å². The maximum atomic E-state index is 5.61. The van der Waals surface area contributed by atoms with E-state index >= 15 is 0 Å². The van der Waals surface area contributed by atoms with Gasteiger partial charge in [0.25, 0.3) is 0 Å². The highest BCUT2D eigenvalue weighted by Gasteiger charge is 2.31. The molecule has 4 nitrogen and oxygen atoms in total. The fourth-order valence-electron chi connectivity index (χ4n) is 2.91. The minimum absolute atomic E-state index is 0.660. The first kappa shape index (κ1) is 13.6. The fraction of sp³-hybridized carbons (Fsp3) is 0.714. The summed E-state index contributed by atoms with van der Waals surface area (Å²) in [7, 11) is 6.31. The minimum Gasteiger partial charge on any atom is -0.468 e. The van der Waals surface area contributed by atoms with E-state index < -0.39 is 0 Å². The molecule has 4 heteroatoms. The molecule has 18 heavy (non-hydrogen) atoms. The number of likely N-dealkylation sites (N-methyl/N-ethyl adjacent to an activating group) is 1. The van der Waals surface area contributed by atoms with Crippen LogP contribution in [0.25, 0.3) is 0 Å². The van der Waals surface area contributed by atoms with E-state index in [0.29, 0.717) is 6.04 Å². The lowest BCUT2D eigenvalue weighted by molar-refractivity contribution is 0.243. The molecule has 2 heterocycles. The molecule has 0 amide bonds. The van der Waals surface area contributed by atoms with Gasteiger partial charge in [0, 0.05) is 31.2 Å². The molecular weight excluding hydrogens is 226 g/mol. The Labute approximate surface area is 110 Å². The monoisotopic (exact) mass is 251 g/mol. The maximum absolute atomic E-state index is 5.61. The van der Waals surface area contributed by atoms with Crippen LogP contribution in [0.3, 0.4) is 0 Å². The third kappa shape index (κ3) is 2.94. The Morgan fingerprint density at radius 1 is 1.44 bits per heavy atom. The van der Waals surface area contributed by atoms with Crippen LogP contribution in [0, 0.1) is 5.92 Å². The fourth-order valence-corrected chi connectivity index (χ4v) is 2.91. The van der Waals surface area contributed by atoms with Crippen molar-refractivity contribution in [3.8, 4) is 0 Å². The number of likely N-dealkylation sites (tertiary alicyclic amines) is 1. The molecule has 0 saturated carbocycles. The van der Waals surface area contributed by atoms with Crippen LogP contribution in [-0.2, 0) is 13.1 Å². The van der Waals surface area contributed by atoms with Crippen LogP contribution in [0.2, 0.25) is 0 Å². The van der Waals surface area contributed by atoms with Gasteiger partial charge in [0.15, 0.2) is 0 Å². The van der Waals surface area contributed by atoms with E-state index in [2.05, 4.69) is 42.2 Å². The van der Waals surface area contributed by atoms with Gasteiger partial charge >= 0.3 is 0 Å². The van der Waals surface area contributed by atoms with E-state index in [1.54, 1.807) is 6.26 Å². The Bertz CT molecular complexity index is 375. The summed E-state index contributed by atoms with van der Waals surface area (Å²) in [5.41, 5.74) is 1.28. The highest BCUT2D eigenvalue weighted by atomic mass is 16.3. The summed E-state index contributed by atoms with van der Waals surface area (Å²) in [5, 5.41) is 3.18. The van der Waals surface area contributed by atoms with Crippen LogP contribution in [0.15, 0.2) is 16.7 Å². The van der Waals surface area contributed by atoms with Crippen LogP contribution in [-0.4, -0.2) is 50.1 Å².